The first-order valence-corrected chi connectivity index (χ1v) is 16.2. The third-order valence-electron chi connectivity index (χ3n) is 9.86. The Balaban J connectivity index is 1.38. The van der Waals surface area contributed by atoms with Crippen LogP contribution < -0.4 is 0 Å². The molecule has 0 saturated heterocycles. The van der Waals surface area contributed by atoms with Gasteiger partial charge in [-0.25, -0.2) is 0 Å². The van der Waals surface area contributed by atoms with Crippen molar-refractivity contribution in [2.45, 2.75) is 0 Å². The topological polar surface area (TPSA) is 13.1 Å². The highest BCUT2D eigenvalue weighted by Crippen LogP contribution is 2.49. The smallest absolute Gasteiger partial charge is 0.136 e. The maximum absolute atomic E-state index is 6.37. The average Bonchev–Trinajstić information content (AvgIpc) is 3.53. The molecule has 1 nitrogen and oxygen atoms in total. The highest BCUT2D eigenvalue weighted by molar-refractivity contribution is 6.28. The third kappa shape index (κ3) is 3.84. The minimum absolute atomic E-state index is 0.912. The first-order valence-electron chi connectivity index (χ1n) is 16.2. The molecule has 0 bridgehead atoms. The zero-order valence-electron chi connectivity index (χ0n) is 25.6. The maximum atomic E-state index is 6.37. The van der Waals surface area contributed by atoms with Crippen molar-refractivity contribution in [1.82, 2.24) is 0 Å². The van der Waals surface area contributed by atoms with Crippen molar-refractivity contribution >= 4 is 65.0 Å². The van der Waals surface area contributed by atoms with Gasteiger partial charge in [-0.15, -0.1) is 0 Å². The minimum atomic E-state index is 0.912. The van der Waals surface area contributed by atoms with Crippen LogP contribution in [0, 0.1) is 0 Å². The Kier molecular flexibility index (Phi) is 5.64. The molecule has 1 heterocycles. The molecule has 1 heteroatoms. The second-order valence-electron chi connectivity index (χ2n) is 12.4. The van der Waals surface area contributed by atoms with E-state index in [-0.39, 0.29) is 0 Å². The second-order valence-corrected chi connectivity index (χ2v) is 12.4. The van der Waals surface area contributed by atoms with Crippen LogP contribution in [0.25, 0.3) is 98.4 Å². The molecule has 10 aromatic rings. The quantitative estimate of drug-likeness (QED) is 0.146. The van der Waals surface area contributed by atoms with E-state index in [0.29, 0.717) is 0 Å². The van der Waals surface area contributed by atoms with Gasteiger partial charge in [0.1, 0.15) is 11.2 Å². The summed E-state index contributed by atoms with van der Waals surface area (Å²) in [6, 6.07) is 61.5. The Labute approximate surface area is 271 Å². The molecule has 47 heavy (non-hydrogen) atoms. The van der Waals surface area contributed by atoms with Gasteiger partial charge in [0, 0.05) is 10.8 Å². The van der Waals surface area contributed by atoms with E-state index in [1.807, 2.05) is 6.07 Å². The van der Waals surface area contributed by atoms with Gasteiger partial charge >= 0.3 is 0 Å². The van der Waals surface area contributed by atoms with Crippen LogP contribution in [-0.4, -0.2) is 0 Å². The number of rotatable bonds is 3. The summed E-state index contributed by atoms with van der Waals surface area (Å²) < 4.78 is 6.37. The van der Waals surface area contributed by atoms with Gasteiger partial charge in [0.25, 0.3) is 0 Å². The lowest BCUT2D eigenvalue weighted by Crippen LogP contribution is -1.93. The average molecular weight is 597 g/mol. The van der Waals surface area contributed by atoms with Crippen molar-refractivity contribution in [3.8, 4) is 33.4 Å². The van der Waals surface area contributed by atoms with Gasteiger partial charge in [0.05, 0.1) is 0 Å². The van der Waals surface area contributed by atoms with Crippen LogP contribution in [0.4, 0.5) is 0 Å². The molecule has 0 amide bonds. The number of fused-ring (bicyclic) bond motifs is 8. The Hall–Kier alpha value is -6.18. The zero-order valence-corrected chi connectivity index (χ0v) is 25.6. The molecule has 0 radical (unpaired) electrons. The van der Waals surface area contributed by atoms with Gasteiger partial charge in [-0.3, -0.25) is 0 Å². The van der Waals surface area contributed by atoms with E-state index in [1.165, 1.54) is 76.5 Å². The lowest BCUT2D eigenvalue weighted by molar-refractivity contribution is 0.669. The summed E-state index contributed by atoms with van der Waals surface area (Å²) in [6.07, 6.45) is 0. The molecule has 0 saturated carbocycles. The summed E-state index contributed by atoms with van der Waals surface area (Å²) in [5, 5.41) is 12.3. The van der Waals surface area contributed by atoms with E-state index in [0.717, 1.165) is 21.9 Å². The lowest BCUT2D eigenvalue weighted by atomic mass is 9.82. The van der Waals surface area contributed by atoms with Crippen LogP contribution in [0.15, 0.2) is 174 Å². The van der Waals surface area contributed by atoms with Gasteiger partial charge in [-0.2, -0.15) is 0 Å². The van der Waals surface area contributed by atoms with Crippen LogP contribution in [0.1, 0.15) is 0 Å². The SMILES string of the molecule is c1ccc(-c2cccc3c2cc(-c2c4ccccc4c(-c4cccc5oc6ccccc6c45)c4ccccc24)c2ccccc23)cc1. The summed E-state index contributed by atoms with van der Waals surface area (Å²) >= 11 is 0. The fourth-order valence-electron chi connectivity index (χ4n) is 7.90. The summed E-state index contributed by atoms with van der Waals surface area (Å²) in [4.78, 5) is 0. The number of para-hydroxylation sites is 1. The number of furan rings is 1. The van der Waals surface area contributed by atoms with Crippen molar-refractivity contribution in [3.05, 3.63) is 170 Å². The Morgan fingerprint density at radius 3 is 1.45 bits per heavy atom. The monoisotopic (exact) mass is 596 g/mol. The van der Waals surface area contributed by atoms with Crippen molar-refractivity contribution in [2.24, 2.45) is 0 Å². The van der Waals surface area contributed by atoms with E-state index < -0.39 is 0 Å². The summed E-state index contributed by atoms with van der Waals surface area (Å²) in [5.74, 6) is 0. The van der Waals surface area contributed by atoms with E-state index in [4.69, 9.17) is 4.42 Å². The summed E-state index contributed by atoms with van der Waals surface area (Å²) in [7, 11) is 0. The molecule has 0 aliphatic heterocycles. The van der Waals surface area contributed by atoms with Crippen LogP contribution in [0.3, 0.4) is 0 Å². The van der Waals surface area contributed by atoms with Crippen LogP contribution in [-0.2, 0) is 0 Å². The van der Waals surface area contributed by atoms with Gasteiger partial charge in [0.2, 0.25) is 0 Å². The van der Waals surface area contributed by atoms with Crippen molar-refractivity contribution in [3.63, 3.8) is 0 Å². The fourth-order valence-corrected chi connectivity index (χ4v) is 7.90. The molecule has 0 spiro atoms. The molecular formula is C46H28O. The first kappa shape index (κ1) is 26.1. The molecule has 0 unspecified atom stereocenters. The maximum Gasteiger partial charge on any atom is 0.136 e. The second kappa shape index (κ2) is 10.2. The molecule has 0 fully saturated rings. The Morgan fingerprint density at radius 2 is 0.745 bits per heavy atom. The highest BCUT2D eigenvalue weighted by atomic mass is 16.3. The number of benzene rings is 9. The lowest BCUT2D eigenvalue weighted by Gasteiger charge is -2.20. The van der Waals surface area contributed by atoms with Crippen LogP contribution in [0.5, 0.6) is 0 Å². The molecule has 0 N–H and O–H groups in total. The van der Waals surface area contributed by atoms with Crippen LogP contribution >= 0.6 is 0 Å². The largest absolute Gasteiger partial charge is 0.456 e. The van der Waals surface area contributed by atoms with E-state index in [9.17, 15) is 0 Å². The third-order valence-corrected chi connectivity index (χ3v) is 9.86. The van der Waals surface area contributed by atoms with Crippen molar-refractivity contribution in [1.29, 1.82) is 0 Å². The minimum Gasteiger partial charge on any atom is -0.456 e. The van der Waals surface area contributed by atoms with Gasteiger partial charge in [-0.05, 0) is 94.7 Å². The van der Waals surface area contributed by atoms with Crippen molar-refractivity contribution < 1.29 is 4.42 Å². The Bertz CT molecular complexity index is 2780. The molecular weight excluding hydrogens is 569 g/mol. The molecule has 0 atom stereocenters. The molecule has 0 aliphatic carbocycles. The van der Waals surface area contributed by atoms with E-state index >= 15 is 0 Å². The predicted octanol–water partition coefficient (Wildman–Crippen LogP) is 13.2. The highest BCUT2D eigenvalue weighted by Gasteiger charge is 2.22. The van der Waals surface area contributed by atoms with Crippen molar-refractivity contribution in [2.75, 3.05) is 0 Å². The summed E-state index contributed by atoms with van der Waals surface area (Å²) in [6.45, 7) is 0. The fraction of sp³-hybridized carbons (Fsp3) is 0. The van der Waals surface area contributed by atoms with Crippen LogP contribution in [0.2, 0.25) is 0 Å². The van der Waals surface area contributed by atoms with Gasteiger partial charge in [-0.1, -0.05) is 152 Å². The molecule has 10 rings (SSSR count). The van der Waals surface area contributed by atoms with Gasteiger partial charge < -0.3 is 4.42 Å². The summed E-state index contributed by atoms with van der Waals surface area (Å²) in [5.41, 5.74) is 9.26. The normalized spacial score (nSPS) is 11.8. The van der Waals surface area contributed by atoms with E-state index in [2.05, 4.69) is 164 Å². The number of hydrogen-bond donors (Lipinski definition) is 0. The predicted molar refractivity (Wildman–Crippen MR) is 200 cm³/mol. The zero-order chi connectivity index (χ0) is 30.9. The standard InChI is InChI=1S/C46H28O/c1-2-14-29(15-3-1)30-23-12-24-32-31-16-4-5-17-33(31)41(28-40(30)32)45-36-20-8-6-18-34(36)44(35-19-7-9-21-37(35)45)39-25-13-27-43-46(39)38-22-10-11-26-42(38)47-43/h1-28H. The number of hydrogen-bond acceptors (Lipinski definition) is 1. The van der Waals surface area contributed by atoms with E-state index in [1.54, 1.807) is 0 Å². The Morgan fingerprint density at radius 1 is 0.277 bits per heavy atom. The molecule has 1 aromatic heterocycles. The van der Waals surface area contributed by atoms with Gasteiger partial charge in [0.15, 0.2) is 0 Å². The molecule has 9 aromatic carbocycles. The molecule has 218 valence electrons. The first-order chi connectivity index (χ1) is 23.3. The molecule has 0 aliphatic rings.